The molecule has 3 aromatic carbocycles. The van der Waals surface area contributed by atoms with Gasteiger partial charge >= 0.3 is 0 Å². The van der Waals surface area contributed by atoms with Crippen molar-refractivity contribution in [2.75, 3.05) is 29.2 Å². The predicted octanol–water partition coefficient (Wildman–Crippen LogP) is 5.23. The highest BCUT2D eigenvalue weighted by Crippen LogP contribution is 2.38. The highest BCUT2D eigenvalue weighted by atomic mass is 32.2. The first-order valence-corrected chi connectivity index (χ1v) is 13.6. The van der Waals surface area contributed by atoms with Crippen molar-refractivity contribution >= 4 is 38.7 Å². The number of sulfone groups is 1. The van der Waals surface area contributed by atoms with E-state index >= 15 is 0 Å². The molecule has 0 N–H and O–H groups in total. The Balaban J connectivity index is 1.71. The van der Waals surface area contributed by atoms with Gasteiger partial charge in [0, 0.05) is 24.8 Å². The van der Waals surface area contributed by atoms with Gasteiger partial charge in [-0.1, -0.05) is 24.3 Å². The molecule has 1 aliphatic carbocycles. The number of hydrogen-bond donors (Lipinski definition) is 0. The minimum atomic E-state index is -3.37. The van der Waals surface area contributed by atoms with Gasteiger partial charge in [-0.3, -0.25) is 14.5 Å². The number of anilines is 3. The molecule has 0 heterocycles. The number of ether oxygens (including phenoxy) is 1. The summed E-state index contributed by atoms with van der Waals surface area (Å²) < 4.78 is 31.0. The topological polar surface area (TPSA) is 84.0 Å². The van der Waals surface area contributed by atoms with E-state index in [1.807, 2.05) is 37.3 Å². The Bertz CT molecular complexity index is 1350. The van der Waals surface area contributed by atoms with Gasteiger partial charge in [-0.2, -0.15) is 0 Å². The molecule has 0 saturated heterocycles. The maximum atomic E-state index is 13.6. The highest BCUT2D eigenvalue weighted by Gasteiger charge is 2.30. The zero-order valence-corrected chi connectivity index (χ0v) is 21.5. The van der Waals surface area contributed by atoms with Crippen molar-refractivity contribution in [3.8, 4) is 5.75 Å². The number of hydrogen-bond acceptors (Lipinski definition) is 5. The Hall–Kier alpha value is -3.65. The van der Waals surface area contributed by atoms with E-state index in [4.69, 9.17) is 4.74 Å². The van der Waals surface area contributed by atoms with Crippen LogP contribution in [-0.2, 0) is 14.6 Å². The molecule has 0 atom stereocenters. The van der Waals surface area contributed by atoms with Crippen LogP contribution in [0.5, 0.6) is 5.75 Å². The van der Waals surface area contributed by atoms with Crippen LogP contribution in [0.15, 0.2) is 77.7 Å². The first-order chi connectivity index (χ1) is 17.3. The molecule has 0 radical (unpaired) electrons. The van der Waals surface area contributed by atoms with Crippen LogP contribution in [0, 0.1) is 5.92 Å². The molecule has 1 aliphatic rings. The number of rotatable bonds is 9. The predicted molar refractivity (Wildman–Crippen MR) is 141 cm³/mol. The highest BCUT2D eigenvalue weighted by molar-refractivity contribution is 7.91. The minimum absolute atomic E-state index is 0.149. The van der Waals surface area contributed by atoms with E-state index in [0.717, 1.165) is 18.5 Å². The fraction of sp³-hybridized carbons (Fsp3) is 0.286. The number of para-hydroxylation sites is 2. The summed E-state index contributed by atoms with van der Waals surface area (Å²) in [4.78, 5) is 29.7. The SMILES string of the molecule is CCN(C(=O)c1cccc(N(C(C)=O)c2ccc(S(=O)(=O)CC3CC3)cc2)c1OC)c1ccccc1. The third-order valence-corrected chi connectivity index (χ3v) is 8.12. The second-order valence-corrected chi connectivity index (χ2v) is 10.9. The molecule has 188 valence electrons. The molecule has 0 aromatic heterocycles. The average Bonchev–Trinajstić information content (AvgIpc) is 3.68. The molecule has 0 aliphatic heterocycles. The van der Waals surface area contributed by atoms with E-state index in [9.17, 15) is 18.0 Å². The summed E-state index contributed by atoms with van der Waals surface area (Å²) in [5.74, 6) is 0.0918. The number of nitrogens with zero attached hydrogens (tertiary/aromatic N) is 2. The van der Waals surface area contributed by atoms with Crippen LogP contribution in [0.2, 0.25) is 0 Å². The zero-order valence-electron chi connectivity index (χ0n) is 20.7. The molecule has 4 rings (SSSR count). The summed E-state index contributed by atoms with van der Waals surface area (Å²) in [6.07, 6.45) is 1.90. The van der Waals surface area contributed by atoms with Gasteiger partial charge in [-0.05, 0) is 74.2 Å². The summed E-state index contributed by atoms with van der Waals surface area (Å²) in [5.41, 5.74) is 1.94. The lowest BCUT2D eigenvalue weighted by Crippen LogP contribution is -2.31. The molecule has 0 unspecified atom stereocenters. The molecule has 3 aromatic rings. The van der Waals surface area contributed by atoms with Gasteiger partial charge in [0.2, 0.25) is 5.91 Å². The Morgan fingerprint density at radius 3 is 2.14 bits per heavy atom. The molecule has 8 heteroatoms. The second-order valence-electron chi connectivity index (χ2n) is 8.82. The normalized spacial score (nSPS) is 13.2. The van der Waals surface area contributed by atoms with Crippen LogP contribution in [-0.4, -0.2) is 39.6 Å². The lowest BCUT2D eigenvalue weighted by atomic mass is 10.1. The van der Waals surface area contributed by atoms with Crippen molar-refractivity contribution in [1.29, 1.82) is 0 Å². The van der Waals surface area contributed by atoms with Crippen molar-refractivity contribution in [2.24, 2.45) is 5.92 Å². The van der Waals surface area contributed by atoms with Gasteiger partial charge in [0.1, 0.15) is 0 Å². The standard InChI is InChI=1S/C28H30N2O5S/c1-4-29(22-9-6-5-7-10-22)28(32)25-11-8-12-26(27(25)35-3)30(20(2)31)23-15-17-24(18-16-23)36(33,34)19-21-13-14-21/h5-12,15-18,21H,4,13-14,19H2,1-3H3. The third kappa shape index (κ3) is 5.28. The molecular formula is C28H30N2O5S. The van der Waals surface area contributed by atoms with Gasteiger partial charge in [-0.25, -0.2) is 8.42 Å². The van der Waals surface area contributed by atoms with Crippen LogP contribution in [0.25, 0.3) is 0 Å². The number of carbonyl (C=O) groups is 2. The lowest BCUT2D eigenvalue weighted by Gasteiger charge is -2.27. The molecular weight excluding hydrogens is 476 g/mol. The Kier molecular flexibility index (Phi) is 7.45. The molecule has 1 saturated carbocycles. The van der Waals surface area contributed by atoms with Crippen LogP contribution in [0.1, 0.15) is 37.0 Å². The van der Waals surface area contributed by atoms with Gasteiger partial charge in [0.05, 0.1) is 29.0 Å². The Morgan fingerprint density at radius 1 is 0.917 bits per heavy atom. The fourth-order valence-corrected chi connectivity index (χ4v) is 5.96. The van der Waals surface area contributed by atoms with Gasteiger partial charge in [0.15, 0.2) is 15.6 Å². The zero-order chi connectivity index (χ0) is 25.9. The molecule has 0 spiro atoms. The van der Waals surface area contributed by atoms with Gasteiger partial charge in [-0.15, -0.1) is 0 Å². The van der Waals surface area contributed by atoms with E-state index < -0.39 is 9.84 Å². The van der Waals surface area contributed by atoms with Crippen molar-refractivity contribution in [3.05, 3.63) is 78.4 Å². The van der Waals surface area contributed by atoms with E-state index in [0.29, 0.717) is 23.5 Å². The van der Waals surface area contributed by atoms with E-state index in [1.165, 1.54) is 31.1 Å². The summed E-state index contributed by atoms with van der Waals surface area (Å²) in [7, 11) is -1.91. The average molecular weight is 507 g/mol. The second kappa shape index (κ2) is 10.5. The molecule has 1 fully saturated rings. The summed E-state index contributed by atoms with van der Waals surface area (Å²) in [6.45, 7) is 3.75. The Labute approximate surface area is 212 Å². The van der Waals surface area contributed by atoms with Crippen molar-refractivity contribution < 1.29 is 22.7 Å². The number of benzene rings is 3. The quantitative estimate of drug-likeness (QED) is 0.397. The monoisotopic (exact) mass is 506 g/mol. The van der Waals surface area contributed by atoms with Crippen LogP contribution in [0.3, 0.4) is 0 Å². The summed E-state index contributed by atoms with van der Waals surface area (Å²) in [6, 6.07) is 20.7. The molecule has 36 heavy (non-hydrogen) atoms. The van der Waals surface area contributed by atoms with Gasteiger partial charge in [0.25, 0.3) is 5.91 Å². The summed E-state index contributed by atoms with van der Waals surface area (Å²) in [5, 5.41) is 0. The van der Waals surface area contributed by atoms with E-state index in [2.05, 4.69) is 0 Å². The van der Waals surface area contributed by atoms with Crippen molar-refractivity contribution in [1.82, 2.24) is 0 Å². The number of methoxy groups -OCH3 is 1. The smallest absolute Gasteiger partial charge is 0.262 e. The fourth-order valence-electron chi connectivity index (χ4n) is 4.26. The van der Waals surface area contributed by atoms with Crippen LogP contribution < -0.4 is 14.5 Å². The van der Waals surface area contributed by atoms with Crippen molar-refractivity contribution in [2.45, 2.75) is 31.6 Å². The van der Waals surface area contributed by atoms with Crippen LogP contribution in [0.4, 0.5) is 17.1 Å². The number of carbonyl (C=O) groups excluding carboxylic acids is 2. The lowest BCUT2D eigenvalue weighted by molar-refractivity contribution is -0.115. The first kappa shape index (κ1) is 25.4. The van der Waals surface area contributed by atoms with E-state index in [-0.39, 0.29) is 34.1 Å². The maximum Gasteiger partial charge on any atom is 0.262 e. The third-order valence-electron chi connectivity index (χ3n) is 6.22. The van der Waals surface area contributed by atoms with Gasteiger partial charge < -0.3 is 9.64 Å². The molecule has 2 amide bonds. The Morgan fingerprint density at radius 2 is 1.58 bits per heavy atom. The summed E-state index contributed by atoms with van der Waals surface area (Å²) >= 11 is 0. The largest absolute Gasteiger partial charge is 0.494 e. The van der Waals surface area contributed by atoms with E-state index in [1.54, 1.807) is 35.2 Å². The van der Waals surface area contributed by atoms with Crippen molar-refractivity contribution in [3.63, 3.8) is 0 Å². The minimum Gasteiger partial charge on any atom is -0.494 e. The first-order valence-electron chi connectivity index (χ1n) is 11.9. The van der Waals surface area contributed by atoms with Crippen LogP contribution >= 0.6 is 0 Å². The molecule has 0 bridgehead atoms. The maximum absolute atomic E-state index is 13.6. The molecule has 7 nitrogen and oxygen atoms in total. The number of amides is 2.